The van der Waals surface area contributed by atoms with Gasteiger partial charge in [0.1, 0.15) is 0 Å². The first kappa shape index (κ1) is 12.3. The third-order valence-corrected chi connectivity index (χ3v) is 2.58. The van der Waals surface area contributed by atoms with Gasteiger partial charge >= 0.3 is 0 Å². The van der Waals surface area contributed by atoms with Crippen LogP contribution in [0.4, 0.5) is 11.4 Å². The van der Waals surface area contributed by atoms with Crippen LogP contribution in [0.25, 0.3) is 11.1 Å². The molecule has 0 spiro atoms. The minimum atomic E-state index is 0.302. The Hall–Kier alpha value is -2.12. The van der Waals surface area contributed by atoms with Crippen LogP contribution >= 0.6 is 0 Å². The van der Waals surface area contributed by atoms with Crippen LogP contribution in [0.1, 0.15) is 0 Å². The van der Waals surface area contributed by atoms with Crippen molar-refractivity contribution in [2.75, 3.05) is 10.3 Å². The molecule has 4 N–H and O–H groups in total. The zero-order chi connectivity index (χ0) is 13.1. The van der Waals surface area contributed by atoms with Gasteiger partial charge in [-0.25, -0.2) is 0 Å². The van der Waals surface area contributed by atoms with E-state index in [4.69, 9.17) is 11.7 Å². The summed E-state index contributed by atoms with van der Waals surface area (Å²) in [6.07, 6.45) is 0. The molecule has 2 rings (SSSR count). The molecule has 0 saturated carbocycles. The largest absolute Gasteiger partial charge is 0.743 e. The maximum Gasteiger partial charge on any atom is 0.0403 e. The number of hydrogen-bond acceptors (Lipinski definition) is 6. The van der Waals surface area contributed by atoms with Crippen LogP contribution in [0, 0.1) is 10.4 Å². The Bertz CT molecular complexity index is 459. The molecule has 6 heteroatoms. The Labute approximate surface area is 104 Å². The first-order valence-corrected chi connectivity index (χ1v) is 5.22. The zero-order valence-corrected chi connectivity index (χ0v) is 9.48. The molecule has 0 unspecified atom stereocenters. The number of anilines is 2. The summed E-state index contributed by atoms with van der Waals surface area (Å²) in [5.41, 5.74) is 2.59. The van der Waals surface area contributed by atoms with E-state index in [1.54, 1.807) is 48.5 Å². The van der Waals surface area contributed by atoms with Gasteiger partial charge in [-0.3, -0.25) is 11.7 Å². The van der Waals surface area contributed by atoms with Crippen molar-refractivity contribution < 1.29 is 0 Å². The molecule has 0 atom stereocenters. The van der Waals surface area contributed by atoms with Crippen molar-refractivity contribution in [3.63, 3.8) is 0 Å². The molecular formula is C12H12N4O2-2. The van der Waals surface area contributed by atoms with E-state index in [2.05, 4.69) is 0 Å². The second kappa shape index (κ2) is 5.03. The van der Waals surface area contributed by atoms with Gasteiger partial charge in [0.05, 0.1) is 0 Å². The molecule has 0 heterocycles. The summed E-state index contributed by atoms with van der Waals surface area (Å²) in [5.74, 6) is 10.2. The molecule has 0 aliphatic heterocycles. The smallest absolute Gasteiger partial charge is 0.0403 e. The molecule has 0 fully saturated rings. The van der Waals surface area contributed by atoms with Crippen LogP contribution < -0.4 is 22.0 Å². The van der Waals surface area contributed by atoms with Gasteiger partial charge in [-0.05, 0) is 35.4 Å². The zero-order valence-electron chi connectivity index (χ0n) is 9.48. The van der Waals surface area contributed by atoms with Crippen molar-refractivity contribution >= 4 is 11.4 Å². The van der Waals surface area contributed by atoms with Crippen molar-refractivity contribution in [3.8, 4) is 11.1 Å². The van der Waals surface area contributed by atoms with Crippen molar-refractivity contribution in [3.05, 3.63) is 58.9 Å². The molecular weight excluding hydrogens is 232 g/mol. The lowest BCUT2D eigenvalue weighted by Gasteiger charge is -2.24. The highest BCUT2D eigenvalue weighted by Gasteiger charge is 1.99. The maximum atomic E-state index is 10.9. The SMILES string of the molecule is NN([O-])c1ccc(-c2ccc(N(N)[O-])cc2)cc1. The quantitative estimate of drug-likeness (QED) is 0.629. The van der Waals surface area contributed by atoms with Crippen LogP contribution in [0.2, 0.25) is 0 Å². The summed E-state index contributed by atoms with van der Waals surface area (Å²) in [5, 5.41) is 22.3. The summed E-state index contributed by atoms with van der Waals surface area (Å²) in [6, 6.07) is 13.6. The van der Waals surface area contributed by atoms with Crippen LogP contribution in [0.3, 0.4) is 0 Å². The third kappa shape index (κ3) is 2.58. The fourth-order valence-corrected chi connectivity index (χ4v) is 1.60. The Morgan fingerprint density at radius 2 is 0.889 bits per heavy atom. The van der Waals surface area contributed by atoms with E-state index in [1.807, 2.05) is 0 Å². The monoisotopic (exact) mass is 244 g/mol. The molecule has 0 aromatic heterocycles. The normalized spacial score (nSPS) is 10.2. The highest BCUT2D eigenvalue weighted by Crippen LogP contribution is 2.24. The molecule has 6 nitrogen and oxygen atoms in total. The van der Waals surface area contributed by atoms with Crippen LogP contribution in [-0.2, 0) is 0 Å². The van der Waals surface area contributed by atoms with Gasteiger partial charge in [-0.15, -0.1) is 0 Å². The Balaban J connectivity index is 2.25. The summed E-state index contributed by atoms with van der Waals surface area (Å²) in [6.45, 7) is 0. The fraction of sp³-hybridized carbons (Fsp3) is 0. The standard InChI is InChI=1S/C12H12N4O2/c13-15(17)11-5-1-9(2-6-11)10-3-7-12(8-4-10)16(14)18/h1-8H,13-14H2/q-2. The van der Waals surface area contributed by atoms with E-state index in [-0.39, 0.29) is 0 Å². The topological polar surface area (TPSA) is 105 Å². The summed E-state index contributed by atoms with van der Waals surface area (Å²) in [7, 11) is 0. The molecule has 0 aliphatic rings. The molecule has 0 radical (unpaired) electrons. The lowest BCUT2D eigenvalue weighted by molar-refractivity contribution is 1.09. The third-order valence-electron chi connectivity index (χ3n) is 2.58. The number of benzene rings is 2. The predicted octanol–water partition coefficient (Wildman–Crippen LogP) is 1.71. The second-order valence-corrected chi connectivity index (χ2v) is 3.75. The Kier molecular flexibility index (Phi) is 3.45. The molecule has 0 saturated heterocycles. The van der Waals surface area contributed by atoms with Crippen molar-refractivity contribution in [1.82, 2.24) is 0 Å². The maximum absolute atomic E-state index is 10.9. The second-order valence-electron chi connectivity index (χ2n) is 3.75. The lowest BCUT2D eigenvalue weighted by atomic mass is 10.1. The minimum absolute atomic E-state index is 0.302. The average molecular weight is 244 g/mol. The Morgan fingerprint density at radius 3 is 1.11 bits per heavy atom. The van der Waals surface area contributed by atoms with Gasteiger partial charge in [0.25, 0.3) is 0 Å². The van der Waals surface area contributed by atoms with Gasteiger partial charge in [-0.1, -0.05) is 24.3 Å². The van der Waals surface area contributed by atoms with Crippen LogP contribution in [0.15, 0.2) is 48.5 Å². The summed E-state index contributed by atoms with van der Waals surface area (Å²) in [4.78, 5) is 0. The molecule has 2 aromatic carbocycles. The first-order valence-electron chi connectivity index (χ1n) is 5.22. The number of nitrogens with two attached hydrogens (primary N) is 2. The highest BCUT2D eigenvalue weighted by atomic mass is 16.5. The van der Waals surface area contributed by atoms with Crippen molar-refractivity contribution in [2.24, 2.45) is 11.7 Å². The Morgan fingerprint density at radius 1 is 0.611 bits per heavy atom. The molecule has 0 bridgehead atoms. The van der Waals surface area contributed by atoms with Crippen molar-refractivity contribution in [2.45, 2.75) is 0 Å². The van der Waals surface area contributed by atoms with Crippen LogP contribution in [0.5, 0.6) is 0 Å². The van der Waals surface area contributed by atoms with Crippen LogP contribution in [-0.4, -0.2) is 0 Å². The van der Waals surface area contributed by atoms with E-state index in [9.17, 15) is 10.4 Å². The number of nitrogens with zero attached hydrogens (tertiary/aromatic N) is 2. The molecule has 18 heavy (non-hydrogen) atoms. The highest BCUT2D eigenvalue weighted by molar-refractivity contribution is 5.68. The lowest BCUT2D eigenvalue weighted by Crippen LogP contribution is -2.22. The first-order chi connectivity index (χ1) is 8.58. The molecule has 2 aromatic rings. The van der Waals surface area contributed by atoms with Gasteiger partial charge in [-0.2, -0.15) is 0 Å². The number of hydrazine groups is 2. The molecule has 0 aliphatic carbocycles. The molecule has 0 amide bonds. The van der Waals surface area contributed by atoms with Gasteiger partial charge in [0.2, 0.25) is 0 Å². The van der Waals surface area contributed by atoms with E-state index in [1.165, 1.54) is 0 Å². The van der Waals surface area contributed by atoms with Gasteiger partial charge in [0.15, 0.2) is 0 Å². The van der Waals surface area contributed by atoms with E-state index in [0.717, 1.165) is 11.1 Å². The fourth-order valence-electron chi connectivity index (χ4n) is 1.60. The molecule has 94 valence electrons. The number of hydrogen-bond donors (Lipinski definition) is 2. The van der Waals surface area contributed by atoms with E-state index < -0.39 is 0 Å². The number of rotatable bonds is 3. The summed E-state index contributed by atoms with van der Waals surface area (Å²) >= 11 is 0. The van der Waals surface area contributed by atoms with Gasteiger partial charge < -0.3 is 20.8 Å². The summed E-state index contributed by atoms with van der Waals surface area (Å²) < 4.78 is 0. The van der Waals surface area contributed by atoms with E-state index in [0.29, 0.717) is 21.7 Å². The van der Waals surface area contributed by atoms with E-state index >= 15 is 0 Å². The van der Waals surface area contributed by atoms with Crippen molar-refractivity contribution in [1.29, 1.82) is 0 Å². The minimum Gasteiger partial charge on any atom is -0.743 e. The predicted molar refractivity (Wildman–Crippen MR) is 71.9 cm³/mol. The average Bonchev–Trinajstić information content (AvgIpc) is 2.39. The van der Waals surface area contributed by atoms with Gasteiger partial charge in [0, 0.05) is 11.4 Å².